The number of carboxylic acids is 1. The molecule has 0 radical (unpaired) electrons. The van der Waals surface area contributed by atoms with Crippen molar-refractivity contribution in [3.8, 4) is 0 Å². The van der Waals surface area contributed by atoms with Gasteiger partial charge in [-0.3, -0.25) is 4.79 Å². The molecule has 4 rings (SSSR count). The van der Waals surface area contributed by atoms with E-state index in [2.05, 4.69) is 5.32 Å². The van der Waals surface area contributed by atoms with Gasteiger partial charge in [0.05, 0.1) is 5.92 Å². The number of carbonyl (C=O) groups is 1. The Morgan fingerprint density at radius 1 is 0.944 bits per heavy atom. The second-order valence-electron chi connectivity index (χ2n) is 6.68. The highest BCUT2D eigenvalue weighted by molar-refractivity contribution is 5.70. The fourth-order valence-corrected chi connectivity index (χ4v) is 4.39. The van der Waals surface area contributed by atoms with Crippen LogP contribution in [0.5, 0.6) is 0 Å². The lowest BCUT2D eigenvalue weighted by atomic mass is 9.67. The summed E-state index contributed by atoms with van der Waals surface area (Å²) < 4.78 is 0. The van der Waals surface area contributed by atoms with Crippen LogP contribution in [0, 0.1) is 17.8 Å². The minimum absolute atomic E-state index is 0.0779. The summed E-state index contributed by atoms with van der Waals surface area (Å²) >= 11 is 0. The summed E-state index contributed by atoms with van der Waals surface area (Å²) in [4.78, 5) is 10.9. The standard InChI is InChI=1S/C15H25NO2/c17-15(18)12-5-7-13(8-6-12)16-14-9-10-1-3-11(14)4-2-10/h10-14,16H,1-9H2,(H,17,18). The minimum atomic E-state index is -0.592. The van der Waals surface area contributed by atoms with Crippen LogP contribution < -0.4 is 5.32 Å². The summed E-state index contributed by atoms with van der Waals surface area (Å²) in [5.74, 6) is 1.21. The molecule has 2 N–H and O–H groups in total. The monoisotopic (exact) mass is 251 g/mol. The summed E-state index contributed by atoms with van der Waals surface area (Å²) in [5, 5.41) is 12.9. The third-order valence-corrected chi connectivity index (χ3v) is 5.57. The predicted molar refractivity (Wildman–Crippen MR) is 70.4 cm³/mol. The topological polar surface area (TPSA) is 49.3 Å². The number of aliphatic carboxylic acids is 1. The van der Waals surface area contributed by atoms with E-state index in [1.165, 1.54) is 32.1 Å². The normalized spacial score (nSPS) is 43.9. The van der Waals surface area contributed by atoms with E-state index in [1.54, 1.807) is 0 Å². The predicted octanol–water partition coefficient (Wildman–Crippen LogP) is 2.80. The number of nitrogens with one attached hydrogen (secondary N) is 1. The van der Waals surface area contributed by atoms with Gasteiger partial charge in [-0.05, 0) is 56.8 Å². The van der Waals surface area contributed by atoms with Crippen LogP contribution in [0.25, 0.3) is 0 Å². The lowest BCUT2D eigenvalue weighted by Crippen LogP contribution is -2.49. The van der Waals surface area contributed by atoms with Crippen LogP contribution in [0.2, 0.25) is 0 Å². The maximum absolute atomic E-state index is 10.9. The average molecular weight is 251 g/mol. The van der Waals surface area contributed by atoms with Gasteiger partial charge in [0.15, 0.2) is 0 Å². The summed E-state index contributed by atoms with van der Waals surface area (Å²) in [5.41, 5.74) is 0. The van der Waals surface area contributed by atoms with Crippen LogP contribution in [0.3, 0.4) is 0 Å². The number of fused-ring (bicyclic) bond motifs is 3. The minimum Gasteiger partial charge on any atom is -0.481 e. The Morgan fingerprint density at radius 2 is 1.61 bits per heavy atom. The van der Waals surface area contributed by atoms with Crippen molar-refractivity contribution in [3.63, 3.8) is 0 Å². The molecule has 1 atom stereocenters. The molecule has 0 spiro atoms. The first-order chi connectivity index (χ1) is 8.72. The molecule has 0 heterocycles. The van der Waals surface area contributed by atoms with Crippen LogP contribution >= 0.6 is 0 Å². The Bertz CT molecular complexity index is 302. The summed E-state index contributed by atoms with van der Waals surface area (Å²) in [6, 6.07) is 1.33. The first-order valence-corrected chi connectivity index (χ1v) is 7.71. The highest BCUT2D eigenvalue weighted by atomic mass is 16.4. The second-order valence-corrected chi connectivity index (χ2v) is 6.68. The van der Waals surface area contributed by atoms with E-state index in [-0.39, 0.29) is 5.92 Å². The molecule has 0 aromatic rings. The molecular weight excluding hydrogens is 226 g/mol. The number of hydrogen-bond donors (Lipinski definition) is 2. The zero-order chi connectivity index (χ0) is 12.5. The third kappa shape index (κ3) is 2.56. The van der Waals surface area contributed by atoms with Crippen LogP contribution in [-0.4, -0.2) is 23.2 Å². The van der Waals surface area contributed by atoms with E-state index in [0.29, 0.717) is 6.04 Å². The number of rotatable bonds is 3. The molecule has 4 aliphatic carbocycles. The Labute approximate surface area is 109 Å². The van der Waals surface area contributed by atoms with E-state index >= 15 is 0 Å². The molecule has 102 valence electrons. The third-order valence-electron chi connectivity index (χ3n) is 5.57. The fraction of sp³-hybridized carbons (Fsp3) is 0.933. The SMILES string of the molecule is O=C(O)C1CCC(NC2CC3CCC2CC3)CC1. The van der Waals surface area contributed by atoms with E-state index < -0.39 is 5.97 Å². The van der Waals surface area contributed by atoms with Crippen molar-refractivity contribution >= 4 is 5.97 Å². The first kappa shape index (κ1) is 12.5. The van der Waals surface area contributed by atoms with E-state index in [1.807, 2.05) is 0 Å². The van der Waals surface area contributed by atoms with Crippen molar-refractivity contribution in [2.24, 2.45) is 17.8 Å². The van der Waals surface area contributed by atoms with Crippen LogP contribution in [0.1, 0.15) is 57.8 Å². The molecule has 0 aliphatic heterocycles. The molecule has 0 aromatic carbocycles. The highest BCUT2D eigenvalue weighted by Gasteiger charge is 2.37. The zero-order valence-corrected chi connectivity index (χ0v) is 11.1. The van der Waals surface area contributed by atoms with E-state index in [9.17, 15) is 4.79 Å². The molecule has 0 saturated heterocycles. The zero-order valence-electron chi connectivity index (χ0n) is 11.1. The lowest BCUT2D eigenvalue weighted by Gasteiger charge is -2.45. The maximum Gasteiger partial charge on any atom is 0.306 e. The quantitative estimate of drug-likeness (QED) is 0.811. The van der Waals surface area contributed by atoms with Gasteiger partial charge >= 0.3 is 5.97 Å². The van der Waals surface area contributed by atoms with Crippen molar-refractivity contribution in [1.82, 2.24) is 5.32 Å². The molecule has 4 fully saturated rings. The van der Waals surface area contributed by atoms with Crippen molar-refractivity contribution in [2.45, 2.75) is 69.9 Å². The van der Waals surface area contributed by atoms with Gasteiger partial charge < -0.3 is 10.4 Å². The van der Waals surface area contributed by atoms with Gasteiger partial charge in [-0.2, -0.15) is 0 Å². The van der Waals surface area contributed by atoms with Gasteiger partial charge in [0.2, 0.25) is 0 Å². The maximum atomic E-state index is 10.9. The largest absolute Gasteiger partial charge is 0.481 e. The molecule has 1 unspecified atom stereocenters. The summed E-state index contributed by atoms with van der Waals surface area (Å²) in [6.07, 6.45) is 11.0. The molecule has 0 amide bonds. The van der Waals surface area contributed by atoms with Gasteiger partial charge in [0.1, 0.15) is 0 Å². The fourth-order valence-electron chi connectivity index (χ4n) is 4.39. The van der Waals surface area contributed by atoms with Gasteiger partial charge in [-0.25, -0.2) is 0 Å². The molecule has 4 aliphatic rings. The number of hydrogen-bond acceptors (Lipinski definition) is 2. The van der Waals surface area contributed by atoms with Gasteiger partial charge in [0, 0.05) is 12.1 Å². The van der Waals surface area contributed by atoms with Gasteiger partial charge in [-0.1, -0.05) is 12.8 Å². The van der Waals surface area contributed by atoms with Crippen molar-refractivity contribution in [1.29, 1.82) is 0 Å². The molecule has 3 heteroatoms. The molecule has 18 heavy (non-hydrogen) atoms. The Balaban J connectivity index is 1.48. The first-order valence-electron chi connectivity index (χ1n) is 7.71. The molecule has 4 saturated carbocycles. The highest BCUT2D eigenvalue weighted by Crippen LogP contribution is 2.41. The van der Waals surface area contributed by atoms with Crippen LogP contribution in [0.4, 0.5) is 0 Å². The Kier molecular flexibility index (Phi) is 3.60. The Morgan fingerprint density at radius 3 is 2.11 bits per heavy atom. The van der Waals surface area contributed by atoms with Crippen molar-refractivity contribution in [2.75, 3.05) is 0 Å². The Hall–Kier alpha value is -0.570. The molecular formula is C15H25NO2. The second kappa shape index (κ2) is 5.20. The van der Waals surface area contributed by atoms with Crippen molar-refractivity contribution in [3.05, 3.63) is 0 Å². The smallest absolute Gasteiger partial charge is 0.306 e. The summed E-state index contributed by atoms with van der Waals surface area (Å²) in [7, 11) is 0. The lowest BCUT2D eigenvalue weighted by molar-refractivity contribution is -0.142. The molecule has 2 bridgehead atoms. The van der Waals surface area contributed by atoms with E-state index in [4.69, 9.17) is 5.11 Å². The summed E-state index contributed by atoms with van der Waals surface area (Å²) in [6.45, 7) is 0. The van der Waals surface area contributed by atoms with Gasteiger partial charge in [-0.15, -0.1) is 0 Å². The average Bonchev–Trinajstić information content (AvgIpc) is 2.41. The van der Waals surface area contributed by atoms with Gasteiger partial charge in [0.25, 0.3) is 0 Å². The molecule has 0 aromatic heterocycles. The van der Waals surface area contributed by atoms with Crippen molar-refractivity contribution < 1.29 is 9.90 Å². The van der Waals surface area contributed by atoms with Crippen LogP contribution in [0.15, 0.2) is 0 Å². The molecule has 3 nitrogen and oxygen atoms in total. The van der Waals surface area contributed by atoms with E-state index in [0.717, 1.165) is 43.6 Å². The number of carboxylic acid groups (broad SMARTS) is 1. The van der Waals surface area contributed by atoms with Crippen LogP contribution in [-0.2, 0) is 4.79 Å².